The van der Waals surface area contributed by atoms with Crippen LogP contribution in [0.4, 0.5) is 0 Å². The van der Waals surface area contributed by atoms with Crippen LogP contribution in [0, 0.1) is 29.1 Å². The van der Waals surface area contributed by atoms with Gasteiger partial charge in [0.05, 0.1) is 0 Å². The fourth-order valence-corrected chi connectivity index (χ4v) is 5.57. The lowest BCUT2D eigenvalue weighted by molar-refractivity contribution is 0.0923. The lowest BCUT2D eigenvalue weighted by atomic mass is 9.63. The van der Waals surface area contributed by atoms with Gasteiger partial charge in [-0.15, -0.1) is 0 Å². The van der Waals surface area contributed by atoms with Crippen molar-refractivity contribution in [3.05, 3.63) is 0 Å². The second-order valence-electron chi connectivity index (χ2n) is 7.71. The number of fused-ring (bicyclic) bond motifs is 2. The van der Waals surface area contributed by atoms with Gasteiger partial charge in [0.1, 0.15) is 0 Å². The van der Waals surface area contributed by atoms with Crippen LogP contribution in [0.15, 0.2) is 0 Å². The maximum atomic E-state index is 6.23. The van der Waals surface area contributed by atoms with E-state index < -0.39 is 0 Å². The normalized spacial score (nSPS) is 47.7. The molecule has 0 amide bonds. The molecule has 3 aliphatic rings. The molecule has 5 unspecified atom stereocenters. The van der Waals surface area contributed by atoms with E-state index in [1.807, 2.05) is 0 Å². The molecule has 0 aliphatic heterocycles. The molecule has 5 atom stereocenters. The monoisotopic (exact) mass is 249 g/mol. The Hall–Kier alpha value is -0.0400. The van der Waals surface area contributed by atoms with Gasteiger partial charge in [0.15, 0.2) is 0 Å². The first-order valence-corrected chi connectivity index (χ1v) is 8.45. The van der Waals surface area contributed by atoms with Crippen molar-refractivity contribution in [3.8, 4) is 0 Å². The maximum Gasteiger partial charge on any atom is -0.00203 e. The van der Waals surface area contributed by atoms with Gasteiger partial charge in [-0.05, 0) is 74.2 Å². The van der Waals surface area contributed by atoms with E-state index >= 15 is 0 Å². The fraction of sp³-hybridized carbons (Fsp3) is 1.00. The van der Waals surface area contributed by atoms with Crippen LogP contribution in [0.1, 0.15) is 71.1 Å². The van der Waals surface area contributed by atoms with E-state index in [0.717, 1.165) is 30.2 Å². The zero-order chi connectivity index (χ0) is 12.6. The molecule has 18 heavy (non-hydrogen) atoms. The minimum atomic E-state index is 0.536. The Kier molecular flexibility index (Phi) is 3.71. The van der Waals surface area contributed by atoms with Crippen molar-refractivity contribution in [3.63, 3.8) is 0 Å². The predicted octanol–water partition coefficient (Wildman–Crippen LogP) is 4.36. The van der Waals surface area contributed by atoms with E-state index in [-0.39, 0.29) is 0 Å². The van der Waals surface area contributed by atoms with Gasteiger partial charge in [-0.1, -0.05) is 32.6 Å². The van der Waals surface area contributed by atoms with Gasteiger partial charge in [0.2, 0.25) is 0 Å². The highest BCUT2D eigenvalue weighted by Crippen LogP contribution is 2.54. The van der Waals surface area contributed by atoms with Gasteiger partial charge in [-0.25, -0.2) is 0 Å². The van der Waals surface area contributed by atoms with Crippen LogP contribution in [0.25, 0.3) is 0 Å². The van der Waals surface area contributed by atoms with Crippen molar-refractivity contribution in [2.75, 3.05) is 6.54 Å². The summed E-state index contributed by atoms with van der Waals surface area (Å²) in [6.45, 7) is 3.33. The summed E-state index contributed by atoms with van der Waals surface area (Å²) in [7, 11) is 0. The molecule has 0 heterocycles. The molecule has 0 saturated heterocycles. The molecule has 0 spiro atoms. The summed E-state index contributed by atoms with van der Waals surface area (Å²) in [6.07, 6.45) is 14.8. The molecule has 0 aromatic carbocycles. The Balaban J connectivity index is 1.64. The Morgan fingerprint density at radius 2 is 2.06 bits per heavy atom. The first-order chi connectivity index (χ1) is 8.74. The van der Waals surface area contributed by atoms with E-state index in [2.05, 4.69) is 6.92 Å². The number of rotatable bonds is 4. The average Bonchev–Trinajstić information content (AvgIpc) is 3.01. The smallest absolute Gasteiger partial charge is 0.00203 e. The summed E-state index contributed by atoms with van der Waals surface area (Å²) in [5.74, 6) is 4.20. The van der Waals surface area contributed by atoms with Crippen molar-refractivity contribution >= 4 is 0 Å². The number of nitrogens with two attached hydrogens (primary N) is 1. The summed E-state index contributed by atoms with van der Waals surface area (Å²) in [5, 5.41) is 0. The summed E-state index contributed by atoms with van der Waals surface area (Å²) >= 11 is 0. The molecule has 0 aromatic heterocycles. The molecule has 3 aliphatic carbocycles. The third-order valence-corrected chi connectivity index (χ3v) is 6.63. The molecule has 104 valence electrons. The van der Waals surface area contributed by atoms with E-state index in [0.29, 0.717) is 5.41 Å². The van der Waals surface area contributed by atoms with Crippen molar-refractivity contribution in [2.24, 2.45) is 34.8 Å². The Labute approximate surface area is 113 Å². The van der Waals surface area contributed by atoms with Crippen LogP contribution in [0.5, 0.6) is 0 Å². The summed E-state index contributed by atoms with van der Waals surface area (Å²) in [5.41, 5.74) is 6.77. The highest BCUT2D eigenvalue weighted by molar-refractivity contribution is 4.96. The molecule has 1 heteroatoms. The first-order valence-electron chi connectivity index (χ1n) is 8.45. The van der Waals surface area contributed by atoms with Gasteiger partial charge in [0, 0.05) is 0 Å². The van der Waals surface area contributed by atoms with Crippen LogP contribution in [-0.4, -0.2) is 6.54 Å². The molecule has 0 radical (unpaired) electrons. The third-order valence-electron chi connectivity index (χ3n) is 6.63. The van der Waals surface area contributed by atoms with E-state index in [1.165, 1.54) is 51.4 Å². The highest BCUT2D eigenvalue weighted by Gasteiger charge is 2.44. The predicted molar refractivity (Wildman–Crippen MR) is 77.3 cm³/mol. The molecule has 3 rings (SSSR count). The van der Waals surface area contributed by atoms with Crippen molar-refractivity contribution in [1.29, 1.82) is 0 Å². The van der Waals surface area contributed by atoms with Gasteiger partial charge >= 0.3 is 0 Å². The van der Waals surface area contributed by atoms with Crippen LogP contribution < -0.4 is 5.73 Å². The van der Waals surface area contributed by atoms with Crippen LogP contribution in [-0.2, 0) is 0 Å². The van der Waals surface area contributed by atoms with Crippen LogP contribution >= 0.6 is 0 Å². The van der Waals surface area contributed by atoms with Gasteiger partial charge in [-0.2, -0.15) is 0 Å². The first kappa shape index (κ1) is 13.0. The lowest BCUT2D eigenvalue weighted by Crippen LogP contribution is -2.38. The second kappa shape index (κ2) is 5.15. The van der Waals surface area contributed by atoms with E-state index in [1.54, 1.807) is 12.8 Å². The summed E-state index contributed by atoms with van der Waals surface area (Å²) in [6, 6.07) is 0. The Morgan fingerprint density at radius 1 is 1.17 bits per heavy atom. The molecular formula is C17H31N. The molecule has 3 saturated carbocycles. The van der Waals surface area contributed by atoms with Crippen molar-refractivity contribution in [1.82, 2.24) is 0 Å². The van der Waals surface area contributed by atoms with E-state index in [4.69, 9.17) is 5.73 Å². The zero-order valence-corrected chi connectivity index (χ0v) is 12.2. The number of hydrogen-bond acceptors (Lipinski definition) is 1. The van der Waals surface area contributed by atoms with E-state index in [9.17, 15) is 0 Å². The summed E-state index contributed by atoms with van der Waals surface area (Å²) in [4.78, 5) is 0. The summed E-state index contributed by atoms with van der Waals surface area (Å²) < 4.78 is 0. The Morgan fingerprint density at radius 3 is 2.67 bits per heavy atom. The standard InChI is InChI=1S/C17H31N/c1-2-13-4-3-7-17(10-13,12-18)11-16-9-14-5-6-15(16)8-14/h13-16H,2-12,18H2,1H3. The quantitative estimate of drug-likeness (QED) is 0.787. The Bertz CT molecular complexity index is 287. The fourth-order valence-electron chi connectivity index (χ4n) is 5.57. The molecule has 0 aromatic rings. The van der Waals surface area contributed by atoms with Gasteiger partial charge in [0.25, 0.3) is 0 Å². The number of hydrogen-bond donors (Lipinski definition) is 1. The largest absolute Gasteiger partial charge is 0.330 e. The minimum absolute atomic E-state index is 0.536. The van der Waals surface area contributed by atoms with Crippen LogP contribution in [0.2, 0.25) is 0 Å². The van der Waals surface area contributed by atoms with Gasteiger partial charge in [-0.3, -0.25) is 0 Å². The molecule has 2 bridgehead atoms. The van der Waals surface area contributed by atoms with Crippen molar-refractivity contribution in [2.45, 2.75) is 71.1 Å². The molecule has 3 fully saturated rings. The maximum absolute atomic E-state index is 6.23. The molecule has 2 N–H and O–H groups in total. The highest BCUT2D eigenvalue weighted by atomic mass is 14.6. The topological polar surface area (TPSA) is 26.0 Å². The van der Waals surface area contributed by atoms with Crippen molar-refractivity contribution < 1.29 is 0 Å². The SMILES string of the molecule is CCC1CCCC(CN)(CC2CC3CCC2C3)C1. The zero-order valence-electron chi connectivity index (χ0n) is 12.2. The van der Waals surface area contributed by atoms with Crippen LogP contribution in [0.3, 0.4) is 0 Å². The minimum Gasteiger partial charge on any atom is -0.330 e. The second-order valence-corrected chi connectivity index (χ2v) is 7.71. The van der Waals surface area contributed by atoms with Gasteiger partial charge < -0.3 is 5.73 Å². The third kappa shape index (κ3) is 2.35. The molecular weight excluding hydrogens is 218 g/mol. The average molecular weight is 249 g/mol. The lowest BCUT2D eigenvalue weighted by Gasteiger charge is -2.43. The molecule has 1 nitrogen and oxygen atoms in total.